The Labute approximate surface area is 139 Å². The molecule has 0 saturated carbocycles. The summed E-state index contributed by atoms with van der Waals surface area (Å²) in [5.41, 5.74) is -1.06. The maximum Gasteiger partial charge on any atom is 0.228 e. The minimum absolute atomic E-state index is 0.00803. The molecule has 2 heterocycles. The van der Waals surface area contributed by atoms with Crippen LogP contribution in [0.3, 0.4) is 0 Å². The van der Waals surface area contributed by atoms with E-state index in [1.807, 2.05) is 39.5 Å². The molecule has 2 aliphatic rings. The maximum absolute atomic E-state index is 14.4. The number of amides is 2. The third-order valence-corrected chi connectivity index (χ3v) is 5.03. The van der Waals surface area contributed by atoms with Gasteiger partial charge in [-0.1, -0.05) is 34.6 Å². The Morgan fingerprint density at radius 3 is 2.04 bits per heavy atom. The van der Waals surface area contributed by atoms with Crippen molar-refractivity contribution in [3.05, 3.63) is 0 Å². The van der Waals surface area contributed by atoms with E-state index in [9.17, 15) is 14.0 Å². The van der Waals surface area contributed by atoms with E-state index in [1.54, 1.807) is 4.90 Å². The highest BCUT2D eigenvalue weighted by molar-refractivity contribution is 5.83. The molecule has 132 valence electrons. The van der Waals surface area contributed by atoms with Crippen molar-refractivity contribution >= 4 is 11.8 Å². The average molecular weight is 326 g/mol. The lowest BCUT2D eigenvalue weighted by Gasteiger charge is -2.32. The zero-order valence-corrected chi connectivity index (χ0v) is 15.2. The number of hydrogen-bond acceptors (Lipinski definition) is 2. The lowest BCUT2D eigenvalue weighted by atomic mass is 9.80. The van der Waals surface area contributed by atoms with Crippen molar-refractivity contribution in [3.8, 4) is 0 Å². The largest absolute Gasteiger partial charge is 0.342 e. The van der Waals surface area contributed by atoms with Crippen molar-refractivity contribution in [1.82, 2.24) is 9.80 Å². The molecule has 0 N–H and O–H groups in total. The molecule has 4 nitrogen and oxygen atoms in total. The van der Waals surface area contributed by atoms with Crippen molar-refractivity contribution in [2.45, 2.75) is 60.1 Å². The molecule has 2 fully saturated rings. The Balaban J connectivity index is 1.99. The van der Waals surface area contributed by atoms with Crippen LogP contribution in [0.1, 0.15) is 53.9 Å². The summed E-state index contributed by atoms with van der Waals surface area (Å²) in [6.45, 7) is 11.6. The Morgan fingerprint density at radius 2 is 1.52 bits per heavy atom. The molecule has 0 spiro atoms. The van der Waals surface area contributed by atoms with Gasteiger partial charge in [-0.2, -0.15) is 0 Å². The summed E-state index contributed by atoms with van der Waals surface area (Å²) in [5, 5.41) is 0. The van der Waals surface area contributed by atoms with Gasteiger partial charge in [0.25, 0.3) is 0 Å². The Bertz CT molecular complexity index is 464. The molecule has 0 aromatic carbocycles. The summed E-state index contributed by atoms with van der Waals surface area (Å²) in [6, 6.07) is 0. The zero-order chi connectivity index (χ0) is 17.4. The van der Waals surface area contributed by atoms with Gasteiger partial charge in [0.05, 0.1) is 6.54 Å². The quantitative estimate of drug-likeness (QED) is 0.800. The van der Waals surface area contributed by atoms with E-state index in [1.165, 1.54) is 0 Å². The number of likely N-dealkylation sites (tertiary alicyclic amines) is 2. The smallest absolute Gasteiger partial charge is 0.228 e. The van der Waals surface area contributed by atoms with Crippen LogP contribution < -0.4 is 0 Å². The maximum atomic E-state index is 14.4. The number of carbonyl (C=O) groups is 2. The van der Waals surface area contributed by atoms with Crippen molar-refractivity contribution in [3.63, 3.8) is 0 Å². The van der Waals surface area contributed by atoms with Gasteiger partial charge in [-0.3, -0.25) is 9.59 Å². The fourth-order valence-corrected chi connectivity index (χ4v) is 3.76. The van der Waals surface area contributed by atoms with E-state index >= 15 is 0 Å². The van der Waals surface area contributed by atoms with E-state index in [2.05, 4.69) is 0 Å². The third kappa shape index (κ3) is 4.04. The Morgan fingerprint density at radius 1 is 0.957 bits per heavy atom. The Kier molecular flexibility index (Phi) is 5.07. The van der Waals surface area contributed by atoms with Crippen LogP contribution in [-0.2, 0) is 9.59 Å². The number of hydrogen-bond donors (Lipinski definition) is 0. The molecule has 1 unspecified atom stereocenters. The second-order valence-corrected chi connectivity index (χ2v) is 8.82. The number of carbonyl (C=O) groups excluding carboxylic acids is 2. The summed E-state index contributed by atoms with van der Waals surface area (Å²) >= 11 is 0. The predicted molar refractivity (Wildman–Crippen MR) is 88.6 cm³/mol. The molecule has 0 aromatic rings. The monoisotopic (exact) mass is 326 g/mol. The van der Waals surface area contributed by atoms with Crippen molar-refractivity contribution in [1.29, 1.82) is 0 Å². The second-order valence-electron chi connectivity index (χ2n) is 8.82. The number of rotatable bonds is 3. The van der Waals surface area contributed by atoms with E-state index in [-0.39, 0.29) is 24.3 Å². The summed E-state index contributed by atoms with van der Waals surface area (Å²) in [6.07, 6.45) is 1.58. The van der Waals surface area contributed by atoms with Crippen LogP contribution in [0.5, 0.6) is 0 Å². The molecule has 0 bridgehead atoms. The fraction of sp³-hybridized carbons (Fsp3) is 0.889. The number of nitrogens with zero attached hydrogens (tertiary/aromatic N) is 2. The van der Waals surface area contributed by atoms with Crippen LogP contribution in [0, 0.1) is 16.7 Å². The lowest BCUT2D eigenvalue weighted by Crippen LogP contribution is -2.41. The lowest BCUT2D eigenvalue weighted by molar-refractivity contribution is -0.140. The summed E-state index contributed by atoms with van der Waals surface area (Å²) in [5.74, 6) is -0.128. The SMILES string of the molecule is CC(C)(C)C(=O)N1CC(CC(C)(C)C(=O)N2CCCC2)[C@@H](F)C1. The number of halogens is 1. The fourth-order valence-electron chi connectivity index (χ4n) is 3.76. The average Bonchev–Trinajstić information content (AvgIpc) is 3.06. The van der Waals surface area contributed by atoms with Crippen LogP contribution >= 0.6 is 0 Å². The Hall–Kier alpha value is -1.13. The topological polar surface area (TPSA) is 40.6 Å². The minimum atomic E-state index is -1.04. The summed E-state index contributed by atoms with van der Waals surface area (Å²) in [7, 11) is 0. The van der Waals surface area contributed by atoms with Crippen molar-refractivity contribution < 1.29 is 14.0 Å². The number of alkyl halides is 1. The zero-order valence-electron chi connectivity index (χ0n) is 15.2. The first-order valence-corrected chi connectivity index (χ1v) is 8.75. The van der Waals surface area contributed by atoms with E-state index in [4.69, 9.17) is 0 Å². The van der Waals surface area contributed by atoms with Gasteiger partial charge in [-0.15, -0.1) is 0 Å². The molecule has 2 saturated heterocycles. The van der Waals surface area contributed by atoms with Gasteiger partial charge in [0, 0.05) is 36.4 Å². The van der Waals surface area contributed by atoms with E-state index in [0.717, 1.165) is 25.9 Å². The summed E-state index contributed by atoms with van der Waals surface area (Å²) in [4.78, 5) is 28.5. The first-order chi connectivity index (χ1) is 10.5. The van der Waals surface area contributed by atoms with E-state index in [0.29, 0.717) is 13.0 Å². The first kappa shape index (κ1) is 18.2. The van der Waals surface area contributed by atoms with Crippen molar-refractivity contribution in [2.75, 3.05) is 26.2 Å². The standard InChI is InChI=1S/C18H31FN2O2/c1-17(2,3)15(22)21-11-13(14(19)12-21)10-18(4,5)16(23)20-8-6-7-9-20/h13-14H,6-12H2,1-5H3/t13?,14-/m0/s1. The molecule has 0 radical (unpaired) electrons. The predicted octanol–water partition coefficient (Wildman–Crippen LogP) is 2.87. The molecular formula is C18H31FN2O2. The molecule has 0 aliphatic carbocycles. The molecule has 2 atom stereocenters. The molecule has 2 amide bonds. The highest BCUT2D eigenvalue weighted by Crippen LogP contribution is 2.36. The van der Waals surface area contributed by atoms with Gasteiger partial charge < -0.3 is 9.80 Å². The molecular weight excluding hydrogens is 295 g/mol. The van der Waals surface area contributed by atoms with Gasteiger partial charge in [0.2, 0.25) is 11.8 Å². The second kappa shape index (κ2) is 6.40. The highest BCUT2D eigenvalue weighted by atomic mass is 19.1. The van der Waals surface area contributed by atoms with Gasteiger partial charge >= 0.3 is 0 Å². The van der Waals surface area contributed by atoms with Crippen LogP contribution in [-0.4, -0.2) is 54.0 Å². The van der Waals surface area contributed by atoms with Gasteiger partial charge in [0.15, 0.2) is 0 Å². The third-order valence-electron chi connectivity index (χ3n) is 5.03. The molecule has 0 aromatic heterocycles. The first-order valence-electron chi connectivity index (χ1n) is 8.75. The van der Waals surface area contributed by atoms with Gasteiger partial charge in [0.1, 0.15) is 6.17 Å². The van der Waals surface area contributed by atoms with E-state index < -0.39 is 17.0 Å². The highest BCUT2D eigenvalue weighted by Gasteiger charge is 2.43. The summed E-state index contributed by atoms with van der Waals surface area (Å²) < 4.78 is 14.4. The normalized spacial score (nSPS) is 26.0. The van der Waals surface area contributed by atoms with Crippen LogP contribution in [0.25, 0.3) is 0 Å². The molecule has 5 heteroatoms. The molecule has 2 aliphatic heterocycles. The minimum Gasteiger partial charge on any atom is -0.342 e. The van der Waals surface area contributed by atoms with Crippen LogP contribution in [0.4, 0.5) is 4.39 Å². The molecule has 2 rings (SSSR count). The van der Waals surface area contributed by atoms with Gasteiger partial charge in [-0.05, 0) is 19.3 Å². The van der Waals surface area contributed by atoms with Crippen LogP contribution in [0.15, 0.2) is 0 Å². The van der Waals surface area contributed by atoms with Crippen LogP contribution in [0.2, 0.25) is 0 Å². The molecule has 23 heavy (non-hydrogen) atoms. The van der Waals surface area contributed by atoms with Gasteiger partial charge in [-0.25, -0.2) is 4.39 Å². The van der Waals surface area contributed by atoms with Crippen molar-refractivity contribution in [2.24, 2.45) is 16.7 Å².